The van der Waals surface area contributed by atoms with Crippen LogP contribution in [0.3, 0.4) is 0 Å². The van der Waals surface area contributed by atoms with E-state index in [2.05, 4.69) is 5.32 Å². The van der Waals surface area contributed by atoms with Gasteiger partial charge in [-0.05, 0) is 67.8 Å². The topological polar surface area (TPSA) is 66.5 Å². The molecule has 0 spiro atoms. The van der Waals surface area contributed by atoms with E-state index in [0.29, 0.717) is 17.1 Å². The zero-order valence-electron chi connectivity index (χ0n) is 21.7. The number of hydrogen-bond acceptors (Lipinski definition) is 3. The molecule has 0 unspecified atom stereocenters. The van der Waals surface area contributed by atoms with Crippen LogP contribution in [-0.2, 0) is 16.6 Å². The van der Waals surface area contributed by atoms with Crippen molar-refractivity contribution in [2.45, 2.75) is 44.7 Å². The molecular weight excluding hydrogens is 516 g/mol. The molecule has 0 saturated heterocycles. The maximum atomic E-state index is 14.0. The minimum atomic E-state index is -4.01. The van der Waals surface area contributed by atoms with Gasteiger partial charge in [0, 0.05) is 5.02 Å². The molecule has 0 saturated carbocycles. The third kappa shape index (κ3) is 6.26. The van der Waals surface area contributed by atoms with E-state index < -0.39 is 10.0 Å². The fourth-order valence-corrected chi connectivity index (χ4v) is 5.83. The molecule has 4 rings (SSSR count). The Balaban J connectivity index is 1.75. The van der Waals surface area contributed by atoms with Crippen molar-refractivity contribution in [1.29, 1.82) is 0 Å². The Morgan fingerprint density at radius 3 is 2.03 bits per heavy atom. The van der Waals surface area contributed by atoms with Crippen molar-refractivity contribution in [2.75, 3.05) is 4.31 Å². The minimum Gasteiger partial charge on any atom is -0.345 e. The highest BCUT2D eigenvalue weighted by atomic mass is 35.5. The molecule has 0 aliphatic rings. The zero-order chi connectivity index (χ0) is 27.3. The van der Waals surface area contributed by atoms with Gasteiger partial charge in [0.05, 0.1) is 28.7 Å². The lowest BCUT2D eigenvalue weighted by Gasteiger charge is -2.27. The van der Waals surface area contributed by atoms with Crippen LogP contribution in [0.1, 0.15) is 52.0 Å². The first-order valence-corrected chi connectivity index (χ1v) is 14.3. The molecule has 1 amide bonds. The van der Waals surface area contributed by atoms with Gasteiger partial charge < -0.3 is 5.32 Å². The Hall–Kier alpha value is -3.61. The third-order valence-electron chi connectivity index (χ3n) is 6.46. The fourth-order valence-electron chi connectivity index (χ4n) is 4.23. The van der Waals surface area contributed by atoms with Gasteiger partial charge >= 0.3 is 0 Å². The predicted octanol–water partition coefficient (Wildman–Crippen LogP) is 7.23. The fraction of sp³-hybridized carbons (Fsp3) is 0.194. The third-order valence-corrected chi connectivity index (χ3v) is 8.49. The van der Waals surface area contributed by atoms with Gasteiger partial charge in [-0.2, -0.15) is 0 Å². The molecule has 196 valence electrons. The Labute approximate surface area is 230 Å². The van der Waals surface area contributed by atoms with E-state index in [1.54, 1.807) is 72.8 Å². The first-order chi connectivity index (χ1) is 18.2. The number of halogens is 1. The lowest BCUT2D eigenvalue weighted by Crippen LogP contribution is -2.34. The lowest BCUT2D eigenvalue weighted by atomic mass is 10.0. The highest BCUT2D eigenvalue weighted by Crippen LogP contribution is 2.30. The van der Waals surface area contributed by atoms with Crippen molar-refractivity contribution in [3.05, 3.63) is 130 Å². The summed E-state index contributed by atoms with van der Waals surface area (Å²) in [7, 11) is -4.01. The van der Waals surface area contributed by atoms with Crippen molar-refractivity contribution >= 4 is 33.2 Å². The van der Waals surface area contributed by atoms with Crippen LogP contribution in [0.5, 0.6) is 0 Å². The van der Waals surface area contributed by atoms with Crippen molar-refractivity contribution in [3.63, 3.8) is 0 Å². The number of hydrogen-bond donors (Lipinski definition) is 1. The second-order valence-corrected chi connectivity index (χ2v) is 11.6. The summed E-state index contributed by atoms with van der Waals surface area (Å²) in [6, 6.07) is 28.4. The van der Waals surface area contributed by atoms with Gasteiger partial charge in [-0.15, -0.1) is 0 Å². The number of rotatable bonds is 9. The number of para-hydroxylation sites is 1. The largest absolute Gasteiger partial charge is 0.345 e. The van der Waals surface area contributed by atoms with Gasteiger partial charge in [-0.1, -0.05) is 90.3 Å². The highest BCUT2D eigenvalue weighted by Gasteiger charge is 2.29. The van der Waals surface area contributed by atoms with Crippen LogP contribution in [-0.4, -0.2) is 14.3 Å². The van der Waals surface area contributed by atoms with E-state index in [1.165, 1.54) is 4.31 Å². The molecule has 0 aliphatic carbocycles. The van der Waals surface area contributed by atoms with E-state index in [9.17, 15) is 13.2 Å². The maximum absolute atomic E-state index is 14.0. The number of amides is 1. The molecule has 5 nitrogen and oxygen atoms in total. The molecule has 0 fully saturated rings. The quantitative estimate of drug-likeness (QED) is 0.241. The molecule has 0 aliphatic heterocycles. The smallest absolute Gasteiger partial charge is 0.264 e. The van der Waals surface area contributed by atoms with Crippen LogP contribution in [0, 0.1) is 13.8 Å². The minimum absolute atomic E-state index is 0.0346. The molecule has 4 aromatic carbocycles. The molecule has 1 atom stereocenters. The molecule has 0 aromatic heterocycles. The summed E-state index contributed by atoms with van der Waals surface area (Å²) in [4.78, 5) is 13.8. The lowest BCUT2D eigenvalue weighted by molar-refractivity contribution is 0.0936. The second kappa shape index (κ2) is 11.8. The van der Waals surface area contributed by atoms with Gasteiger partial charge in [-0.3, -0.25) is 9.10 Å². The zero-order valence-corrected chi connectivity index (χ0v) is 23.3. The van der Waals surface area contributed by atoms with Crippen molar-refractivity contribution in [2.24, 2.45) is 0 Å². The van der Waals surface area contributed by atoms with Gasteiger partial charge in [-0.25, -0.2) is 8.42 Å². The molecular formula is C31H31ClN2O3S. The first-order valence-electron chi connectivity index (χ1n) is 12.5. The summed E-state index contributed by atoms with van der Waals surface area (Å²) in [5.41, 5.74) is 4.41. The molecule has 7 heteroatoms. The van der Waals surface area contributed by atoms with E-state index in [0.717, 1.165) is 22.3 Å². The average molecular weight is 547 g/mol. The van der Waals surface area contributed by atoms with Crippen LogP contribution in [0.15, 0.2) is 102 Å². The molecule has 1 N–H and O–H groups in total. The Kier molecular flexibility index (Phi) is 8.55. The number of carbonyl (C=O) groups excluding carboxylic acids is 1. The summed E-state index contributed by atoms with van der Waals surface area (Å²) in [5.74, 6) is -0.340. The van der Waals surface area contributed by atoms with Gasteiger partial charge in [0.25, 0.3) is 15.9 Å². The number of sulfonamides is 1. The maximum Gasteiger partial charge on any atom is 0.264 e. The number of anilines is 1. The van der Waals surface area contributed by atoms with Crippen molar-refractivity contribution < 1.29 is 13.2 Å². The van der Waals surface area contributed by atoms with E-state index >= 15 is 0 Å². The number of nitrogens with zero attached hydrogens (tertiary/aromatic N) is 1. The van der Waals surface area contributed by atoms with E-state index in [-0.39, 0.29) is 29.0 Å². The van der Waals surface area contributed by atoms with Crippen LogP contribution >= 0.6 is 11.6 Å². The van der Waals surface area contributed by atoms with Crippen LogP contribution in [0.4, 0.5) is 5.69 Å². The van der Waals surface area contributed by atoms with Crippen molar-refractivity contribution in [3.8, 4) is 0 Å². The summed E-state index contributed by atoms with van der Waals surface area (Å²) < 4.78 is 29.3. The van der Waals surface area contributed by atoms with Crippen LogP contribution in [0.2, 0.25) is 5.02 Å². The molecule has 0 heterocycles. The summed E-state index contributed by atoms with van der Waals surface area (Å²) in [5, 5.41) is 3.66. The highest BCUT2D eigenvalue weighted by molar-refractivity contribution is 7.92. The van der Waals surface area contributed by atoms with Gasteiger partial charge in [0.1, 0.15) is 0 Å². The van der Waals surface area contributed by atoms with Gasteiger partial charge in [0.15, 0.2) is 0 Å². The number of aryl methyl sites for hydroxylation is 2. The summed E-state index contributed by atoms with van der Waals surface area (Å²) >= 11 is 6.07. The number of carbonyl (C=O) groups is 1. The standard InChI is InChI=1S/C31H31ClN2O3S/c1-4-29(25-15-9-22(2)10-16-25)33-31(35)28-7-5-6-8-30(28)34(21-24-13-17-26(32)18-14-24)38(36,37)27-19-11-23(3)12-20-27/h5-20,29H,4,21H2,1-3H3,(H,33,35)/t29-/m1/s1. The number of nitrogens with one attached hydrogen (secondary N) is 1. The monoisotopic (exact) mass is 546 g/mol. The molecule has 0 radical (unpaired) electrons. The Bertz CT molecular complexity index is 1500. The second-order valence-electron chi connectivity index (χ2n) is 9.31. The normalized spacial score (nSPS) is 12.1. The Morgan fingerprint density at radius 2 is 1.42 bits per heavy atom. The predicted molar refractivity (Wildman–Crippen MR) is 154 cm³/mol. The summed E-state index contributed by atoms with van der Waals surface area (Å²) in [6.45, 7) is 5.96. The average Bonchev–Trinajstić information content (AvgIpc) is 2.92. The van der Waals surface area contributed by atoms with Crippen LogP contribution in [0.25, 0.3) is 0 Å². The number of benzene rings is 4. The van der Waals surface area contributed by atoms with Crippen LogP contribution < -0.4 is 9.62 Å². The first kappa shape index (κ1) is 27.4. The Morgan fingerprint density at radius 1 is 0.842 bits per heavy atom. The molecule has 0 bridgehead atoms. The van der Waals surface area contributed by atoms with E-state index in [1.807, 2.05) is 45.0 Å². The summed E-state index contributed by atoms with van der Waals surface area (Å²) in [6.07, 6.45) is 0.688. The van der Waals surface area contributed by atoms with Crippen molar-refractivity contribution in [1.82, 2.24) is 5.32 Å². The molecule has 38 heavy (non-hydrogen) atoms. The molecule has 4 aromatic rings. The SMILES string of the molecule is CC[C@@H](NC(=O)c1ccccc1N(Cc1ccc(Cl)cc1)S(=O)(=O)c1ccc(C)cc1)c1ccc(C)cc1. The van der Waals surface area contributed by atoms with E-state index in [4.69, 9.17) is 11.6 Å². The van der Waals surface area contributed by atoms with Gasteiger partial charge in [0.2, 0.25) is 0 Å².